The first kappa shape index (κ1) is 17.1. The molecule has 1 aliphatic heterocycles. The van der Waals surface area contributed by atoms with Gasteiger partial charge < -0.3 is 19.5 Å². The van der Waals surface area contributed by atoms with Crippen LogP contribution in [0.3, 0.4) is 0 Å². The normalized spacial score (nSPS) is 21.5. The summed E-state index contributed by atoms with van der Waals surface area (Å²) >= 11 is 0. The summed E-state index contributed by atoms with van der Waals surface area (Å²) in [6, 6.07) is 16.6. The van der Waals surface area contributed by atoms with Crippen LogP contribution in [0.1, 0.15) is 23.5 Å². The van der Waals surface area contributed by atoms with Crippen molar-refractivity contribution in [2.45, 2.75) is 17.9 Å². The molecular formula is C21H23NO4. The molecule has 1 N–H and O–H groups in total. The van der Waals surface area contributed by atoms with Crippen molar-refractivity contribution < 1.29 is 19.4 Å². The number of carbonyl (C=O) groups excluding carboxylic acids is 1. The number of hydrogen-bond donors (Lipinski definition) is 1. The predicted molar refractivity (Wildman–Crippen MR) is 98.1 cm³/mol. The molecule has 4 rings (SSSR count). The van der Waals surface area contributed by atoms with Crippen LogP contribution < -0.4 is 0 Å². The third-order valence-corrected chi connectivity index (χ3v) is 5.63. The van der Waals surface area contributed by atoms with Crippen LogP contribution in [0.25, 0.3) is 11.1 Å². The van der Waals surface area contributed by atoms with Gasteiger partial charge in [-0.25, -0.2) is 4.79 Å². The van der Waals surface area contributed by atoms with E-state index in [-0.39, 0.29) is 18.6 Å². The van der Waals surface area contributed by atoms with E-state index in [2.05, 4.69) is 24.3 Å². The fourth-order valence-corrected chi connectivity index (χ4v) is 4.05. The monoisotopic (exact) mass is 353 g/mol. The first-order valence-electron chi connectivity index (χ1n) is 8.93. The highest BCUT2D eigenvalue weighted by Crippen LogP contribution is 2.44. The molecule has 0 spiro atoms. The zero-order valence-corrected chi connectivity index (χ0v) is 14.9. The molecule has 2 aliphatic rings. The smallest absolute Gasteiger partial charge is 0.409 e. The molecule has 136 valence electrons. The van der Waals surface area contributed by atoms with Crippen LogP contribution >= 0.6 is 0 Å². The molecule has 0 bridgehead atoms. The maximum Gasteiger partial charge on any atom is 0.409 e. The molecule has 1 unspecified atom stereocenters. The Labute approximate surface area is 153 Å². The topological polar surface area (TPSA) is 59.0 Å². The Hall–Kier alpha value is -2.37. The number of carbonyl (C=O) groups is 1. The zero-order valence-electron chi connectivity index (χ0n) is 14.9. The second-order valence-corrected chi connectivity index (χ2v) is 7.02. The number of likely N-dealkylation sites (tertiary alicyclic amines) is 1. The van der Waals surface area contributed by atoms with Crippen molar-refractivity contribution in [1.29, 1.82) is 0 Å². The Kier molecular flexibility index (Phi) is 4.42. The van der Waals surface area contributed by atoms with Gasteiger partial charge in [-0.15, -0.1) is 0 Å². The number of aliphatic hydroxyl groups excluding tert-OH is 1. The molecule has 5 nitrogen and oxygen atoms in total. The molecular weight excluding hydrogens is 330 g/mol. The summed E-state index contributed by atoms with van der Waals surface area (Å²) in [6.45, 7) is 1.10. The summed E-state index contributed by atoms with van der Waals surface area (Å²) in [5.74, 6) is 0.0546. The summed E-state index contributed by atoms with van der Waals surface area (Å²) in [5.41, 5.74) is 4.16. The molecule has 0 radical (unpaired) electrons. The summed E-state index contributed by atoms with van der Waals surface area (Å²) in [4.78, 5) is 14.1. The van der Waals surface area contributed by atoms with Crippen molar-refractivity contribution >= 4 is 6.09 Å². The fraction of sp³-hybridized carbons (Fsp3) is 0.381. The van der Waals surface area contributed by atoms with E-state index in [1.807, 2.05) is 24.3 Å². The van der Waals surface area contributed by atoms with Crippen molar-refractivity contribution in [3.05, 3.63) is 59.7 Å². The second kappa shape index (κ2) is 6.74. The van der Waals surface area contributed by atoms with Gasteiger partial charge in [-0.05, 0) is 28.7 Å². The molecule has 1 fully saturated rings. The van der Waals surface area contributed by atoms with E-state index in [1.165, 1.54) is 22.3 Å². The number of nitrogens with zero attached hydrogens (tertiary/aromatic N) is 1. The van der Waals surface area contributed by atoms with Crippen molar-refractivity contribution in [3.63, 3.8) is 0 Å². The van der Waals surface area contributed by atoms with Crippen molar-refractivity contribution in [2.24, 2.45) is 0 Å². The number of methoxy groups -OCH3 is 1. The number of hydrogen-bond acceptors (Lipinski definition) is 4. The number of rotatable bonds is 4. The van der Waals surface area contributed by atoms with E-state index in [9.17, 15) is 9.90 Å². The van der Waals surface area contributed by atoms with Gasteiger partial charge in [0, 0.05) is 19.6 Å². The second-order valence-electron chi connectivity index (χ2n) is 7.02. The van der Waals surface area contributed by atoms with Crippen LogP contribution in [0.2, 0.25) is 0 Å². The first-order chi connectivity index (χ1) is 12.7. The van der Waals surface area contributed by atoms with Crippen LogP contribution in [0.4, 0.5) is 4.79 Å². The largest absolute Gasteiger partial charge is 0.448 e. The molecule has 2 aromatic carbocycles. The van der Waals surface area contributed by atoms with Gasteiger partial charge in [0.2, 0.25) is 0 Å². The zero-order chi connectivity index (χ0) is 18.1. The lowest BCUT2D eigenvalue weighted by atomic mass is 9.98. The van der Waals surface area contributed by atoms with Gasteiger partial charge in [0.1, 0.15) is 12.2 Å². The SMILES string of the molecule is COC1(CO)CCN(C(=O)OCC2c3ccccc3-c3ccccc32)C1. The number of aliphatic hydroxyl groups is 1. The lowest BCUT2D eigenvalue weighted by Gasteiger charge is -2.25. The van der Waals surface area contributed by atoms with Crippen LogP contribution in [0.5, 0.6) is 0 Å². The number of amides is 1. The minimum Gasteiger partial charge on any atom is -0.448 e. The van der Waals surface area contributed by atoms with Crippen LogP contribution in [-0.4, -0.2) is 55.1 Å². The summed E-state index contributed by atoms with van der Waals surface area (Å²) in [6.07, 6.45) is 0.267. The Bertz CT molecular complexity index is 770. The van der Waals surface area contributed by atoms with Crippen molar-refractivity contribution in [2.75, 3.05) is 33.4 Å². The molecule has 1 amide bonds. The van der Waals surface area contributed by atoms with Crippen molar-refractivity contribution in [1.82, 2.24) is 4.90 Å². The van der Waals surface area contributed by atoms with Gasteiger partial charge in [-0.2, -0.15) is 0 Å². The van der Waals surface area contributed by atoms with Gasteiger partial charge in [0.05, 0.1) is 13.2 Å². The fourth-order valence-electron chi connectivity index (χ4n) is 4.05. The van der Waals surface area contributed by atoms with Gasteiger partial charge >= 0.3 is 6.09 Å². The van der Waals surface area contributed by atoms with Crippen LogP contribution in [0.15, 0.2) is 48.5 Å². The van der Waals surface area contributed by atoms with E-state index in [0.29, 0.717) is 26.1 Å². The molecule has 1 saturated heterocycles. The Balaban J connectivity index is 1.48. The minimum atomic E-state index is -0.661. The van der Waals surface area contributed by atoms with E-state index >= 15 is 0 Å². The highest BCUT2D eigenvalue weighted by atomic mass is 16.6. The molecule has 26 heavy (non-hydrogen) atoms. The predicted octanol–water partition coefficient (Wildman–Crippen LogP) is 3.02. The van der Waals surface area contributed by atoms with Gasteiger partial charge in [-0.3, -0.25) is 0 Å². The summed E-state index contributed by atoms with van der Waals surface area (Å²) in [7, 11) is 1.57. The molecule has 1 atom stereocenters. The Morgan fingerprint density at radius 1 is 1.15 bits per heavy atom. The van der Waals surface area contributed by atoms with Gasteiger partial charge in [-0.1, -0.05) is 48.5 Å². The lowest BCUT2D eigenvalue weighted by molar-refractivity contribution is -0.0425. The molecule has 1 heterocycles. The Morgan fingerprint density at radius 3 is 2.31 bits per heavy atom. The average Bonchev–Trinajstić information content (AvgIpc) is 3.27. The first-order valence-corrected chi connectivity index (χ1v) is 8.93. The number of fused-ring (bicyclic) bond motifs is 3. The molecule has 5 heteroatoms. The van der Waals surface area contributed by atoms with E-state index < -0.39 is 5.60 Å². The summed E-state index contributed by atoms with van der Waals surface area (Å²) < 4.78 is 11.1. The van der Waals surface area contributed by atoms with E-state index in [4.69, 9.17) is 9.47 Å². The number of ether oxygens (including phenoxy) is 2. The quantitative estimate of drug-likeness (QED) is 0.918. The highest BCUT2D eigenvalue weighted by Gasteiger charge is 2.40. The standard InChI is InChI=1S/C21H23NO4/c1-25-21(14-23)10-11-22(13-21)20(24)26-12-19-17-8-4-2-6-15(17)16-7-3-5-9-18(16)19/h2-9,19,23H,10-14H2,1H3. The van der Waals surface area contributed by atoms with Crippen LogP contribution in [0, 0.1) is 0 Å². The van der Waals surface area contributed by atoms with Crippen LogP contribution in [-0.2, 0) is 9.47 Å². The van der Waals surface area contributed by atoms with Gasteiger partial charge in [0.25, 0.3) is 0 Å². The third kappa shape index (κ3) is 2.77. The minimum absolute atomic E-state index is 0.0546. The lowest BCUT2D eigenvalue weighted by Crippen LogP contribution is -2.41. The molecule has 2 aromatic rings. The third-order valence-electron chi connectivity index (χ3n) is 5.63. The van der Waals surface area contributed by atoms with Crippen molar-refractivity contribution in [3.8, 4) is 11.1 Å². The molecule has 1 aliphatic carbocycles. The molecule has 0 saturated carbocycles. The summed E-state index contributed by atoms with van der Waals surface area (Å²) in [5, 5.41) is 9.53. The number of benzene rings is 2. The molecule has 0 aromatic heterocycles. The maximum absolute atomic E-state index is 12.5. The average molecular weight is 353 g/mol. The van der Waals surface area contributed by atoms with Gasteiger partial charge in [0.15, 0.2) is 0 Å². The van der Waals surface area contributed by atoms with E-state index in [1.54, 1.807) is 12.0 Å². The maximum atomic E-state index is 12.5. The van der Waals surface area contributed by atoms with E-state index in [0.717, 1.165) is 0 Å². The Morgan fingerprint density at radius 2 is 1.77 bits per heavy atom. The highest BCUT2D eigenvalue weighted by molar-refractivity contribution is 5.79.